The Morgan fingerprint density at radius 1 is 0.778 bits per heavy atom. The van der Waals surface area contributed by atoms with Crippen LogP contribution in [0.2, 0.25) is 0 Å². The first-order chi connectivity index (χ1) is 8.76. The van der Waals surface area contributed by atoms with Gasteiger partial charge < -0.3 is 34.6 Å². The Balaban J connectivity index is 0. The van der Waals surface area contributed by atoms with E-state index in [9.17, 15) is 0 Å². The summed E-state index contributed by atoms with van der Waals surface area (Å²) in [5.41, 5.74) is 0. The second kappa shape index (κ2) is 19.1. The fourth-order valence-corrected chi connectivity index (χ4v) is 0.850. The first-order valence-corrected chi connectivity index (χ1v) is 5.97. The predicted octanol–water partition coefficient (Wildman–Crippen LogP) is -1.62. The molecule has 0 saturated heterocycles. The van der Waals surface area contributed by atoms with Crippen LogP contribution in [0.15, 0.2) is 0 Å². The molecule has 0 saturated carbocycles. The van der Waals surface area contributed by atoms with Crippen LogP contribution in [-0.4, -0.2) is 86.0 Å². The van der Waals surface area contributed by atoms with Crippen LogP contribution in [0, 0.1) is 0 Å². The zero-order valence-electron chi connectivity index (χ0n) is 11.0. The van der Waals surface area contributed by atoms with E-state index in [1.807, 2.05) is 6.92 Å². The number of hydrogen-bond donors (Lipinski definition) is 4. The summed E-state index contributed by atoms with van der Waals surface area (Å²) in [4.78, 5) is 0. The van der Waals surface area contributed by atoms with Gasteiger partial charge in [0.05, 0.1) is 52.9 Å². The van der Waals surface area contributed by atoms with Gasteiger partial charge in [-0.25, -0.2) is 0 Å². The molecule has 112 valence electrons. The highest BCUT2D eigenvalue weighted by Gasteiger charge is 2.01. The second-order valence-corrected chi connectivity index (χ2v) is 3.11. The van der Waals surface area contributed by atoms with Gasteiger partial charge >= 0.3 is 0 Å². The first-order valence-electron chi connectivity index (χ1n) is 5.97. The smallest absolute Gasteiger partial charge is 0.104 e. The quantitative estimate of drug-likeness (QED) is 0.334. The molecule has 0 rings (SSSR count). The molecule has 0 aromatic heterocycles. The van der Waals surface area contributed by atoms with Crippen LogP contribution >= 0.6 is 0 Å². The van der Waals surface area contributed by atoms with Crippen LogP contribution in [0.1, 0.15) is 6.92 Å². The lowest BCUT2D eigenvalue weighted by atomic mass is 10.4. The van der Waals surface area contributed by atoms with Gasteiger partial charge in [0.1, 0.15) is 6.10 Å². The van der Waals surface area contributed by atoms with Gasteiger partial charge in [-0.3, -0.25) is 0 Å². The molecule has 0 aliphatic carbocycles. The largest absolute Gasteiger partial charge is 0.394 e. The lowest BCUT2D eigenvalue weighted by Gasteiger charge is -2.08. The summed E-state index contributed by atoms with van der Waals surface area (Å²) in [6.07, 6.45) is -0.389. The second-order valence-electron chi connectivity index (χ2n) is 3.11. The Kier molecular flexibility index (Phi) is 21.2. The van der Waals surface area contributed by atoms with Crippen LogP contribution in [-0.2, 0) is 14.2 Å². The van der Waals surface area contributed by atoms with Gasteiger partial charge in [0.2, 0.25) is 0 Å². The summed E-state index contributed by atoms with van der Waals surface area (Å²) in [6.45, 7) is 3.87. The van der Waals surface area contributed by atoms with Crippen LogP contribution in [0.5, 0.6) is 0 Å². The maximum absolute atomic E-state index is 8.37. The van der Waals surface area contributed by atoms with Crippen molar-refractivity contribution in [2.45, 2.75) is 13.0 Å². The zero-order chi connectivity index (χ0) is 14.1. The van der Waals surface area contributed by atoms with Crippen LogP contribution in [0.3, 0.4) is 0 Å². The third kappa shape index (κ3) is 18.1. The van der Waals surface area contributed by atoms with E-state index in [2.05, 4.69) is 0 Å². The highest BCUT2D eigenvalue weighted by atomic mass is 16.5. The number of ether oxygens (including phenoxy) is 3. The maximum atomic E-state index is 8.37. The van der Waals surface area contributed by atoms with Gasteiger partial charge in [-0.2, -0.15) is 0 Å². The van der Waals surface area contributed by atoms with Crippen LogP contribution in [0.25, 0.3) is 0 Å². The van der Waals surface area contributed by atoms with E-state index in [1.165, 1.54) is 0 Å². The topological polar surface area (TPSA) is 109 Å². The number of rotatable bonds is 11. The van der Waals surface area contributed by atoms with Crippen molar-refractivity contribution in [3.05, 3.63) is 0 Å². The van der Waals surface area contributed by atoms with Crippen molar-refractivity contribution in [3.63, 3.8) is 0 Å². The normalized spacial score (nSPS) is 10.3. The van der Waals surface area contributed by atoms with Crippen LogP contribution < -0.4 is 0 Å². The minimum Gasteiger partial charge on any atom is -0.394 e. The van der Waals surface area contributed by atoms with E-state index < -0.39 is 0 Å². The fourth-order valence-electron chi connectivity index (χ4n) is 0.850. The highest BCUT2D eigenvalue weighted by molar-refractivity contribution is 4.49. The molecule has 0 aliphatic heterocycles. The third-order valence-electron chi connectivity index (χ3n) is 1.65. The van der Waals surface area contributed by atoms with Crippen LogP contribution in [0.4, 0.5) is 0 Å². The van der Waals surface area contributed by atoms with E-state index in [0.717, 1.165) is 0 Å². The van der Waals surface area contributed by atoms with E-state index in [1.54, 1.807) is 0 Å². The van der Waals surface area contributed by atoms with Crippen molar-refractivity contribution in [1.82, 2.24) is 0 Å². The highest BCUT2D eigenvalue weighted by Crippen LogP contribution is 1.86. The van der Waals surface area contributed by atoms with Crippen molar-refractivity contribution in [3.8, 4) is 0 Å². The van der Waals surface area contributed by atoms with Crippen molar-refractivity contribution in [1.29, 1.82) is 0 Å². The molecule has 0 spiro atoms. The molecule has 0 atom stereocenters. The van der Waals surface area contributed by atoms with E-state index in [4.69, 9.17) is 34.6 Å². The van der Waals surface area contributed by atoms with Gasteiger partial charge in [-0.1, -0.05) is 0 Å². The SMILES string of the molecule is CCOC(CO)CO.OCCOCCOCCO. The lowest BCUT2D eigenvalue weighted by Crippen LogP contribution is -2.21. The Morgan fingerprint density at radius 3 is 1.44 bits per heavy atom. The summed E-state index contributed by atoms with van der Waals surface area (Å²) in [7, 11) is 0. The predicted molar refractivity (Wildman–Crippen MR) is 65.4 cm³/mol. The maximum Gasteiger partial charge on any atom is 0.104 e. The number of hydrogen-bond acceptors (Lipinski definition) is 7. The molecule has 0 bridgehead atoms. The average molecular weight is 270 g/mol. The molecule has 18 heavy (non-hydrogen) atoms. The van der Waals surface area contributed by atoms with Crippen molar-refractivity contribution in [2.75, 3.05) is 59.5 Å². The molecular weight excluding hydrogens is 244 g/mol. The monoisotopic (exact) mass is 270 g/mol. The van der Waals surface area contributed by atoms with E-state index in [0.29, 0.717) is 33.0 Å². The zero-order valence-corrected chi connectivity index (χ0v) is 11.0. The molecule has 7 heteroatoms. The van der Waals surface area contributed by atoms with E-state index in [-0.39, 0.29) is 32.5 Å². The molecule has 0 aromatic carbocycles. The molecule has 0 aromatic rings. The fraction of sp³-hybridized carbons (Fsp3) is 1.00. The molecule has 0 aliphatic rings. The first kappa shape index (κ1) is 20.0. The molecule has 0 radical (unpaired) electrons. The minimum absolute atomic E-state index is 0.0417. The Morgan fingerprint density at radius 2 is 1.22 bits per heavy atom. The third-order valence-corrected chi connectivity index (χ3v) is 1.65. The van der Waals surface area contributed by atoms with Gasteiger partial charge in [0.15, 0.2) is 0 Å². The molecule has 0 amide bonds. The van der Waals surface area contributed by atoms with Gasteiger partial charge in [-0.05, 0) is 6.92 Å². The standard InChI is InChI=1S/C6H14O4.C5H12O3/c7-1-3-9-5-6-10-4-2-8;1-2-8-5(3-6)4-7/h7-8H,1-6H2;5-7H,2-4H2,1H3. The minimum atomic E-state index is -0.389. The average Bonchev–Trinajstić information content (AvgIpc) is 2.41. The van der Waals surface area contributed by atoms with E-state index >= 15 is 0 Å². The molecule has 4 N–H and O–H groups in total. The Labute approximate surface area is 108 Å². The summed E-state index contributed by atoms with van der Waals surface area (Å²) < 4.78 is 14.6. The van der Waals surface area contributed by atoms with Gasteiger partial charge in [0.25, 0.3) is 0 Å². The Bertz CT molecular complexity index is 123. The van der Waals surface area contributed by atoms with Crippen molar-refractivity contribution < 1.29 is 34.6 Å². The number of aliphatic hydroxyl groups is 4. The molecular formula is C11H26O7. The molecule has 7 nitrogen and oxygen atoms in total. The molecule has 0 heterocycles. The lowest BCUT2D eigenvalue weighted by molar-refractivity contribution is -0.0139. The summed E-state index contributed by atoms with van der Waals surface area (Å²) >= 11 is 0. The van der Waals surface area contributed by atoms with Gasteiger partial charge in [-0.15, -0.1) is 0 Å². The van der Waals surface area contributed by atoms with Crippen molar-refractivity contribution >= 4 is 0 Å². The van der Waals surface area contributed by atoms with Gasteiger partial charge in [0, 0.05) is 6.61 Å². The molecule has 0 fully saturated rings. The summed E-state index contributed by atoms with van der Waals surface area (Å²) in [5.74, 6) is 0. The number of aliphatic hydroxyl groups excluding tert-OH is 4. The summed E-state index contributed by atoms with van der Waals surface area (Å²) in [6, 6.07) is 0. The Hall–Kier alpha value is -0.280. The van der Waals surface area contributed by atoms with Crippen molar-refractivity contribution in [2.24, 2.45) is 0 Å². The molecule has 0 unspecified atom stereocenters. The summed E-state index contributed by atoms with van der Waals surface area (Å²) in [5, 5.41) is 33.3.